The number of rotatable bonds is 5. The van der Waals surface area contributed by atoms with E-state index in [2.05, 4.69) is 0 Å². The van der Waals surface area contributed by atoms with E-state index in [4.69, 9.17) is 4.74 Å². The van der Waals surface area contributed by atoms with Crippen LogP contribution in [0.4, 0.5) is 0 Å². The van der Waals surface area contributed by atoms with Crippen molar-refractivity contribution in [1.29, 1.82) is 0 Å². The van der Waals surface area contributed by atoms with E-state index >= 15 is 0 Å². The molecule has 22 heavy (non-hydrogen) atoms. The maximum absolute atomic E-state index is 12.8. The van der Waals surface area contributed by atoms with Crippen molar-refractivity contribution < 1.29 is 13.2 Å². The van der Waals surface area contributed by atoms with Gasteiger partial charge in [0.2, 0.25) is 0 Å². The smallest absolute Gasteiger partial charge is 0.253 e. The maximum atomic E-state index is 12.8. The van der Waals surface area contributed by atoms with Crippen molar-refractivity contribution in [2.24, 2.45) is 0 Å². The van der Waals surface area contributed by atoms with Gasteiger partial charge in [-0.3, -0.25) is 0 Å². The zero-order valence-electron chi connectivity index (χ0n) is 12.4. The summed E-state index contributed by atoms with van der Waals surface area (Å²) in [5.41, 5.74) is 1.03. The summed E-state index contributed by atoms with van der Waals surface area (Å²) in [5, 5.41) is 1.80. The summed E-state index contributed by atoms with van der Waals surface area (Å²) in [6, 6.07) is 11.1. The predicted molar refractivity (Wildman–Crippen MR) is 87.8 cm³/mol. The first kappa shape index (κ1) is 15.5. The molecule has 0 spiro atoms. The highest BCUT2D eigenvalue weighted by atomic mass is 32.2. The molecule has 2 heterocycles. The van der Waals surface area contributed by atoms with Crippen LogP contribution in [-0.2, 0) is 10.0 Å². The van der Waals surface area contributed by atoms with Crippen LogP contribution in [0.1, 0.15) is 31.4 Å². The Morgan fingerprint density at radius 3 is 2.68 bits per heavy atom. The van der Waals surface area contributed by atoms with E-state index in [0.717, 1.165) is 24.2 Å². The summed E-state index contributed by atoms with van der Waals surface area (Å²) in [6.07, 6.45) is 1.75. The normalized spacial score (nSPS) is 19.4. The highest BCUT2D eigenvalue weighted by Gasteiger charge is 2.36. The van der Waals surface area contributed by atoms with E-state index in [1.165, 1.54) is 11.3 Å². The maximum Gasteiger partial charge on any atom is 0.253 e. The Morgan fingerprint density at radius 2 is 2.05 bits per heavy atom. The second-order valence-corrected chi connectivity index (χ2v) is 8.27. The third kappa shape index (κ3) is 2.91. The highest BCUT2D eigenvalue weighted by Crippen LogP contribution is 2.37. The van der Waals surface area contributed by atoms with Crippen LogP contribution in [0.3, 0.4) is 0 Å². The minimum absolute atomic E-state index is 0.0808. The molecule has 1 aliphatic rings. The van der Waals surface area contributed by atoms with Crippen LogP contribution in [0.2, 0.25) is 0 Å². The molecule has 0 aliphatic carbocycles. The second-order valence-electron chi connectivity index (χ2n) is 5.21. The molecule has 1 aromatic heterocycles. The average Bonchev–Trinajstić information content (AvgIpc) is 3.20. The van der Waals surface area contributed by atoms with Gasteiger partial charge in [-0.05, 0) is 48.9 Å². The molecule has 1 fully saturated rings. The standard InChI is InChI=1S/C16H19NO3S2/c1-2-20-14-9-7-13(8-10-14)15-5-3-11-17(15)22(18,19)16-6-4-12-21-16/h4,6-10,12,15H,2-3,5,11H2,1H3. The molecule has 1 saturated heterocycles. The molecule has 118 valence electrons. The summed E-state index contributed by atoms with van der Waals surface area (Å²) >= 11 is 1.27. The average molecular weight is 337 g/mol. The Hall–Kier alpha value is -1.37. The van der Waals surface area contributed by atoms with E-state index in [0.29, 0.717) is 17.4 Å². The van der Waals surface area contributed by atoms with Crippen molar-refractivity contribution in [3.8, 4) is 5.75 Å². The number of sulfonamides is 1. The Bertz CT molecular complexity index is 708. The summed E-state index contributed by atoms with van der Waals surface area (Å²) in [7, 11) is -3.39. The summed E-state index contributed by atoms with van der Waals surface area (Å²) < 4.78 is 33.0. The number of thiophene rings is 1. The Labute approximate surface area is 135 Å². The molecular formula is C16H19NO3S2. The van der Waals surface area contributed by atoms with Gasteiger partial charge < -0.3 is 4.74 Å². The van der Waals surface area contributed by atoms with Crippen molar-refractivity contribution in [1.82, 2.24) is 4.31 Å². The quantitative estimate of drug-likeness (QED) is 0.836. The van der Waals surface area contributed by atoms with Crippen molar-refractivity contribution in [3.63, 3.8) is 0 Å². The number of benzene rings is 1. The minimum atomic E-state index is -3.39. The van der Waals surface area contributed by atoms with Gasteiger partial charge in [-0.15, -0.1) is 11.3 Å². The molecule has 6 heteroatoms. The van der Waals surface area contributed by atoms with E-state index < -0.39 is 10.0 Å². The summed E-state index contributed by atoms with van der Waals surface area (Å²) in [5.74, 6) is 0.817. The fourth-order valence-corrected chi connectivity index (χ4v) is 5.64. The van der Waals surface area contributed by atoms with Crippen LogP contribution < -0.4 is 4.74 Å². The van der Waals surface area contributed by atoms with E-state index in [1.807, 2.05) is 31.2 Å². The van der Waals surface area contributed by atoms with Gasteiger partial charge in [-0.2, -0.15) is 4.31 Å². The van der Waals surface area contributed by atoms with E-state index in [-0.39, 0.29) is 6.04 Å². The fraction of sp³-hybridized carbons (Fsp3) is 0.375. The zero-order valence-corrected chi connectivity index (χ0v) is 14.1. The number of hydrogen-bond donors (Lipinski definition) is 0. The number of nitrogens with zero attached hydrogens (tertiary/aromatic N) is 1. The minimum Gasteiger partial charge on any atom is -0.494 e. The molecule has 0 amide bonds. The molecule has 4 nitrogen and oxygen atoms in total. The monoisotopic (exact) mass is 337 g/mol. The van der Waals surface area contributed by atoms with Crippen molar-refractivity contribution in [2.75, 3.05) is 13.2 Å². The fourth-order valence-electron chi connectivity index (χ4n) is 2.84. The lowest BCUT2D eigenvalue weighted by atomic mass is 10.1. The molecule has 1 atom stereocenters. The first-order valence-corrected chi connectivity index (χ1v) is 9.73. The molecule has 3 rings (SSSR count). The third-order valence-electron chi connectivity index (χ3n) is 3.84. The lowest BCUT2D eigenvalue weighted by Gasteiger charge is -2.23. The van der Waals surface area contributed by atoms with Crippen molar-refractivity contribution in [2.45, 2.75) is 30.0 Å². The third-order valence-corrected chi connectivity index (χ3v) is 7.12. The zero-order chi connectivity index (χ0) is 15.6. The van der Waals surface area contributed by atoms with Crippen LogP contribution in [0.15, 0.2) is 46.0 Å². The molecule has 0 radical (unpaired) electrons. The Morgan fingerprint density at radius 1 is 1.27 bits per heavy atom. The molecule has 2 aromatic rings. The number of ether oxygens (including phenoxy) is 1. The van der Waals surface area contributed by atoms with Gasteiger partial charge in [-0.1, -0.05) is 18.2 Å². The largest absolute Gasteiger partial charge is 0.494 e. The molecule has 0 bridgehead atoms. The Balaban J connectivity index is 1.87. The predicted octanol–water partition coefficient (Wildman–Crippen LogP) is 3.67. The molecule has 0 N–H and O–H groups in total. The van der Waals surface area contributed by atoms with Crippen LogP contribution in [0, 0.1) is 0 Å². The van der Waals surface area contributed by atoms with Gasteiger partial charge in [0, 0.05) is 6.54 Å². The number of hydrogen-bond acceptors (Lipinski definition) is 4. The van der Waals surface area contributed by atoms with Crippen molar-refractivity contribution in [3.05, 3.63) is 47.3 Å². The van der Waals surface area contributed by atoms with Gasteiger partial charge in [-0.25, -0.2) is 8.42 Å². The first-order chi connectivity index (χ1) is 10.6. The first-order valence-electron chi connectivity index (χ1n) is 7.41. The second kappa shape index (κ2) is 6.40. The lowest BCUT2D eigenvalue weighted by molar-refractivity contribution is 0.339. The van der Waals surface area contributed by atoms with Gasteiger partial charge in [0.1, 0.15) is 9.96 Å². The summed E-state index contributed by atoms with van der Waals surface area (Å²) in [4.78, 5) is 0. The molecule has 1 aliphatic heterocycles. The van der Waals surface area contributed by atoms with E-state index in [9.17, 15) is 8.42 Å². The molecule has 0 saturated carbocycles. The summed E-state index contributed by atoms with van der Waals surface area (Å²) in [6.45, 7) is 3.15. The van der Waals surface area contributed by atoms with Crippen LogP contribution in [0.25, 0.3) is 0 Å². The van der Waals surface area contributed by atoms with Crippen LogP contribution in [0.5, 0.6) is 5.75 Å². The van der Waals surface area contributed by atoms with Gasteiger partial charge in [0.15, 0.2) is 0 Å². The Kier molecular flexibility index (Phi) is 4.52. The van der Waals surface area contributed by atoms with Gasteiger partial charge in [0.25, 0.3) is 10.0 Å². The van der Waals surface area contributed by atoms with Crippen molar-refractivity contribution >= 4 is 21.4 Å². The highest BCUT2D eigenvalue weighted by molar-refractivity contribution is 7.91. The van der Waals surface area contributed by atoms with Gasteiger partial charge >= 0.3 is 0 Å². The SMILES string of the molecule is CCOc1ccc(C2CCCN2S(=O)(=O)c2cccs2)cc1. The van der Waals surface area contributed by atoms with Gasteiger partial charge in [0.05, 0.1) is 12.6 Å². The van der Waals surface area contributed by atoms with E-state index in [1.54, 1.807) is 21.8 Å². The van der Waals surface area contributed by atoms with Crippen LogP contribution in [-0.4, -0.2) is 25.9 Å². The lowest BCUT2D eigenvalue weighted by Crippen LogP contribution is -2.30. The molecule has 1 aromatic carbocycles. The molecule has 1 unspecified atom stereocenters. The topological polar surface area (TPSA) is 46.6 Å². The molecular weight excluding hydrogens is 318 g/mol. The van der Waals surface area contributed by atoms with Crippen LogP contribution >= 0.6 is 11.3 Å².